The maximum absolute atomic E-state index is 12.2. The number of hydrogen-bond acceptors (Lipinski definition) is 3. The van der Waals surface area contributed by atoms with Gasteiger partial charge in [-0.1, -0.05) is 30.3 Å². The second-order valence-corrected chi connectivity index (χ2v) is 5.70. The topological polar surface area (TPSA) is 86.7 Å². The van der Waals surface area contributed by atoms with E-state index in [-0.39, 0.29) is 43.8 Å². The van der Waals surface area contributed by atoms with Gasteiger partial charge in [-0.3, -0.25) is 14.4 Å². The molecule has 6 heteroatoms. The number of carboxylic acid groups (broad SMARTS) is 1. The van der Waals surface area contributed by atoms with Crippen molar-refractivity contribution >= 4 is 17.8 Å². The summed E-state index contributed by atoms with van der Waals surface area (Å²) in [4.78, 5) is 36.0. The molecule has 0 saturated carbocycles. The summed E-state index contributed by atoms with van der Waals surface area (Å²) in [6.45, 7) is 3.66. The third kappa shape index (κ3) is 7.99. The Morgan fingerprint density at radius 1 is 1.13 bits per heavy atom. The molecule has 23 heavy (non-hydrogen) atoms. The fraction of sp³-hybridized carbons (Fsp3) is 0.471. The molecule has 2 amide bonds. The average molecular weight is 320 g/mol. The van der Waals surface area contributed by atoms with Crippen molar-refractivity contribution in [3.8, 4) is 0 Å². The van der Waals surface area contributed by atoms with Gasteiger partial charge in [0.2, 0.25) is 11.8 Å². The first kappa shape index (κ1) is 18.7. The fourth-order valence-corrected chi connectivity index (χ4v) is 2.15. The predicted octanol–water partition coefficient (Wildman–Crippen LogP) is 1.79. The highest BCUT2D eigenvalue weighted by Gasteiger charge is 2.17. The van der Waals surface area contributed by atoms with Gasteiger partial charge in [0, 0.05) is 25.4 Å². The second-order valence-electron chi connectivity index (χ2n) is 5.70. The lowest BCUT2D eigenvalue weighted by atomic mass is 10.1. The SMILES string of the molecule is CC(C)NC(=O)CCCC(=O)N(CC(=O)O)Cc1ccccc1. The van der Waals surface area contributed by atoms with Crippen LogP contribution >= 0.6 is 0 Å². The lowest BCUT2D eigenvalue weighted by Crippen LogP contribution is -2.35. The van der Waals surface area contributed by atoms with Crippen molar-refractivity contribution in [2.45, 2.75) is 45.7 Å². The lowest BCUT2D eigenvalue weighted by molar-refractivity contribution is -0.145. The van der Waals surface area contributed by atoms with Crippen molar-refractivity contribution in [3.63, 3.8) is 0 Å². The van der Waals surface area contributed by atoms with Crippen LogP contribution in [0.5, 0.6) is 0 Å². The van der Waals surface area contributed by atoms with Crippen LogP contribution in [0.1, 0.15) is 38.7 Å². The molecule has 0 heterocycles. The Kier molecular flexibility index (Phi) is 7.80. The zero-order valence-electron chi connectivity index (χ0n) is 13.6. The van der Waals surface area contributed by atoms with E-state index in [1.807, 2.05) is 44.2 Å². The summed E-state index contributed by atoms with van der Waals surface area (Å²) >= 11 is 0. The van der Waals surface area contributed by atoms with E-state index >= 15 is 0 Å². The van der Waals surface area contributed by atoms with Gasteiger partial charge in [-0.05, 0) is 25.8 Å². The Bertz CT molecular complexity index is 529. The van der Waals surface area contributed by atoms with Gasteiger partial charge < -0.3 is 15.3 Å². The Morgan fingerprint density at radius 2 is 1.78 bits per heavy atom. The first-order valence-electron chi connectivity index (χ1n) is 7.71. The molecular weight excluding hydrogens is 296 g/mol. The molecule has 0 aliphatic heterocycles. The molecule has 1 aromatic rings. The minimum absolute atomic E-state index is 0.0693. The van der Waals surface area contributed by atoms with Crippen molar-refractivity contribution < 1.29 is 19.5 Å². The number of rotatable bonds is 9. The molecule has 0 bridgehead atoms. The maximum atomic E-state index is 12.2. The highest BCUT2D eigenvalue weighted by molar-refractivity contribution is 5.82. The van der Waals surface area contributed by atoms with Gasteiger partial charge in [0.1, 0.15) is 6.54 Å². The largest absolute Gasteiger partial charge is 0.480 e. The molecular formula is C17H24N2O4. The summed E-state index contributed by atoms with van der Waals surface area (Å²) in [5, 5.41) is 11.7. The van der Waals surface area contributed by atoms with Crippen LogP contribution in [0.4, 0.5) is 0 Å². The van der Waals surface area contributed by atoms with E-state index in [2.05, 4.69) is 5.32 Å². The first-order chi connectivity index (χ1) is 10.9. The van der Waals surface area contributed by atoms with Gasteiger partial charge in [0.05, 0.1) is 0 Å². The van der Waals surface area contributed by atoms with E-state index in [0.29, 0.717) is 6.42 Å². The molecule has 0 atom stereocenters. The van der Waals surface area contributed by atoms with Crippen molar-refractivity contribution in [1.29, 1.82) is 0 Å². The molecule has 6 nitrogen and oxygen atoms in total. The highest BCUT2D eigenvalue weighted by Crippen LogP contribution is 2.08. The standard InChI is InChI=1S/C17H24N2O4/c1-13(2)18-15(20)9-6-10-16(21)19(12-17(22)23)11-14-7-4-3-5-8-14/h3-5,7-8,13H,6,9-12H2,1-2H3,(H,18,20)(H,22,23). The smallest absolute Gasteiger partial charge is 0.323 e. The molecule has 0 saturated heterocycles. The number of carbonyl (C=O) groups is 3. The normalized spacial score (nSPS) is 10.4. The van der Waals surface area contributed by atoms with Gasteiger partial charge in [-0.2, -0.15) is 0 Å². The van der Waals surface area contributed by atoms with E-state index in [1.54, 1.807) is 0 Å². The van der Waals surface area contributed by atoms with Crippen LogP contribution in [-0.4, -0.2) is 40.4 Å². The third-order valence-corrected chi connectivity index (χ3v) is 3.14. The van der Waals surface area contributed by atoms with Gasteiger partial charge in [-0.25, -0.2) is 0 Å². The van der Waals surface area contributed by atoms with Crippen LogP contribution < -0.4 is 5.32 Å². The molecule has 0 aliphatic carbocycles. The van der Waals surface area contributed by atoms with Crippen molar-refractivity contribution in [2.24, 2.45) is 0 Å². The van der Waals surface area contributed by atoms with Crippen LogP contribution in [0.2, 0.25) is 0 Å². The second kappa shape index (κ2) is 9.61. The van der Waals surface area contributed by atoms with Crippen LogP contribution in [0.3, 0.4) is 0 Å². The Hall–Kier alpha value is -2.37. The molecule has 126 valence electrons. The Labute approximate surface area is 136 Å². The number of carboxylic acids is 1. The quantitative estimate of drug-likeness (QED) is 0.726. The molecule has 0 aromatic heterocycles. The van der Waals surface area contributed by atoms with Crippen molar-refractivity contribution in [1.82, 2.24) is 10.2 Å². The average Bonchev–Trinajstić information content (AvgIpc) is 2.46. The van der Waals surface area contributed by atoms with E-state index in [9.17, 15) is 14.4 Å². The van der Waals surface area contributed by atoms with E-state index in [0.717, 1.165) is 5.56 Å². The predicted molar refractivity (Wildman–Crippen MR) is 86.6 cm³/mol. The summed E-state index contributed by atoms with van der Waals surface area (Å²) < 4.78 is 0. The molecule has 1 aromatic carbocycles. The van der Waals surface area contributed by atoms with Gasteiger partial charge in [0.15, 0.2) is 0 Å². The molecule has 0 aliphatic rings. The minimum atomic E-state index is -1.05. The highest BCUT2D eigenvalue weighted by atomic mass is 16.4. The zero-order chi connectivity index (χ0) is 17.2. The summed E-state index contributed by atoms with van der Waals surface area (Å²) in [7, 11) is 0. The number of carbonyl (C=O) groups excluding carboxylic acids is 2. The summed E-state index contributed by atoms with van der Waals surface area (Å²) in [6.07, 6.45) is 0.824. The number of benzene rings is 1. The molecule has 0 spiro atoms. The zero-order valence-corrected chi connectivity index (χ0v) is 13.6. The van der Waals surface area contributed by atoms with E-state index in [4.69, 9.17) is 5.11 Å². The lowest BCUT2D eigenvalue weighted by Gasteiger charge is -2.21. The molecule has 1 rings (SSSR count). The van der Waals surface area contributed by atoms with Gasteiger partial charge >= 0.3 is 5.97 Å². The van der Waals surface area contributed by atoms with Crippen LogP contribution in [0, 0.1) is 0 Å². The fourth-order valence-electron chi connectivity index (χ4n) is 2.15. The minimum Gasteiger partial charge on any atom is -0.480 e. The molecule has 0 radical (unpaired) electrons. The number of amides is 2. The van der Waals surface area contributed by atoms with Crippen molar-refractivity contribution in [3.05, 3.63) is 35.9 Å². The van der Waals surface area contributed by atoms with Crippen molar-refractivity contribution in [2.75, 3.05) is 6.54 Å². The summed E-state index contributed by atoms with van der Waals surface area (Å²) in [5.41, 5.74) is 0.875. The molecule has 0 fully saturated rings. The number of nitrogens with one attached hydrogen (secondary N) is 1. The Balaban J connectivity index is 2.52. The number of hydrogen-bond donors (Lipinski definition) is 2. The summed E-state index contributed by atoms with van der Waals surface area (Å²) in [5.74, 6) is -1.40. The van der Waals surface area contributed by atoms with E-state index < -0.39 is 5.97 Å². The van der Waals surface area contributed by atoms with Crippen LogP contribution in [0.15, 0.2) is 30.3 Å². The number of nitrogens with zero attached hydrogens (tertiary/aromatic N) is 1. The Morgan fingerprint density at radius 3 is 2.35 bits per heavy atom. The third-order valence-electron chi connectivity index (χ3n) is 3.14. The maximum Gasteiger partial charge on any atom is 0.323 e. The summed E-state index contributed by atoms with van der Waals surface area (Å²) in [6, 6.07) is 9.31. The van der Waals surface area contributed by atoms with Crippen LogP contribution in [0.25, 0.3) is 0 Å². The monoisotopic (exact) mass is 320 g/mol. The molecule has 0 unspecified atom stereocenters. The van der Waals surface area contributed by atoms with Crippen LogP contribution in [-0.2, 0) is 20.9 Å². The number of aliphatic carboxylic acids is 1. The first-order valence-corrected chi connectivity index (χ1v) is 7.71. The van der Waals surface area contributed by atoms with E-state index in [1.165, 1.54) is 4.90 Å². The van der Waals surface area contributed by atoms with Gasteiger partial charge in [-0.15, -0.1) is 0 Å². The van der Waals surface area contributed by atoms with Gasteiger partial charge in [0.25, 0.3) is 0 Å². The molecule has 2 N–H and O–H groups in total.